The molecule has 0 aliphatic heterocycles. The summed E-state index contributed by atoms with van der Waals surface area (Å²) in [5.74, 6) is -0.775. The highest BCUT2D eigenvalue weighted by Crippen LogP contribution is 2.26. The molecule has 0 saturated heterocycles. The minimum absolute atomic E-state index is 0.0761. The number of thiophene rings is 1. The molecule has 142 valence electrons. The van der Waals surface area contributed by atoms with Crippen LogP contribution in [0.15, 0.2) is 30.7 Å². The molecule has 0 aliphatic carbocycles. The Bertz CT molecular complexity index is 1180. The van der Waals surface area contributed by atoms with Gasteiger partial charge in [0, 0.05) is 30.4 Å². The molecule has 0 aromatic carbocycles. The van der Waals surface area contributed by atoms with Crippen LogP contribution in [0.3, 0.4) is 0 Å². The second-order valence-corrected chi connectivity index (χ2v) is 7.00. The van der Waals surface area contributed by atoms with Gasteiger partial charge in [0.2, 0.25) is 5.82 Å². The molecule has 4 aromatic heterocycles. The van der Waals surface area contributed by atoms with Crippen LogP contribution in [0.1, 0.15) is 29.2 Å². The minimum atomic E-state index is -1.12. The molecule has 1 N–H and O–H groups in total. The Kier molecular flexibility index (Phi) is 4.70. The largest absolute Gasteiger partial charge is 0.476 e. The maximum absolute atomic E-state index is 11.8. The number of carboxylic acid groups (broad SMARTS) is 1. The Hall–Kier alpha value is -3.40. The van der Waals surface area contributed by atoms with E-state index in [4.69, 9.17) is 0 Å². The van der Waals surface area contributed by atoms with Crippen LogP contribution in [-0.2, 0) is 0 Å². The Labute approximate surface area is 164 Å². The highest BCUT2D eigenvalue weighted by atomic mass is 32.1. The fraction of sp³-hybridized carbons (Fsp3) is 0.222. The highest BCUT2D eigenvalue weighted by Gasteiger charge is 2.20. The average Bonchev–Trinajstić information content (AvgIpc) is 3.40. The van der Waals surface area contributed by atoms with E-state index in [1.54, 1.807) is 23.6 Å². The summed E-state index contributed by atoms with van der Waals surface area (Å²) in [6.07, 6.45) is 6.40. The Morgan fingerprint density at radius 3 is 2.75 bits per heavy atom. The van der Waals surface area contributed by atoms with Gasteiger partial charge in [0.15, 0.2) is 11.3 Å². The van der Waals surface area contributed by atoms with Crippen molar-refractivity contribution >= 4 is 34.0 Å². The van der Waals surface area contributed by atoms with Crippen molar-refractivity contribution in [1.82, 2.24) is 29.8 Å². The van der Waals surface area contributed by atoms with Gasteiger partial charge in [0.1, 0.15) is 5.69 Å². The topological polar surface area (TPSA) is 109 Å². The van der Waals surface area contributed by atoms with Crippen molar-refractivity contribution in [2.45, 2.75) is 13.8 Å². The van der Waals surface area contributed by atoms with Crippen molar-refractivity contribution in [2.24, 2.45) is 0 Å². The summed E-state index contributed by atoms with van der Waals surface area (Å²) in [5, 5.41) is 23.6. The number of hydrogen-bond acceptors (Lipinski definition) is 8. The van der Waals surface area contributed by atoms with Crippen molar-refractivity contribution < 1.29 is 9.90 Å². The van der Waals surface area contributed by atoms with E-state index >= 15 is 0 Å². The molecule has 4 heterocycles. The van der Waals surface area contributed by atoms with Gasteiger partial charge in [-0.2, -0.15) is 9.61 Å². The Morgan fingerprint density at radius 1 is 1.25 bits per heavy atom. The third-order valence-electron chi connectivity index (χ3n) is 4.31. The fourth-order valence-corrected chi connectivity index (χ4v) is 4.01. The Balaban J connectivity index is 1.87. The predicted molar refractivity (Wildman–Crippen MR) is 105 cm³/mol. The number of carbonyl (C=O) groups is 1. The van der Waals surface area contributed by atoms with E-state index in [0.29, 0.717) is 22.4 Å². The number of anilines is 1. The number of aromatic nitrogens is 6. The SMILES string of the molecule is CCN(CC)c1ccc(/C=c2/c(C(=O)O)nn3c(-c4cnccn4)nnc23)s1. The van der Waals surface area contributed by atoms with E-state index < -0.39 is 5.97 Å². The third kappa shape index (κ3) is 3.07. The van der Waals surface area contributed by atoms with Crippen molar-refractivity contribution in [3.05, 3.63) is 46.5 Å². The second kappa shape index (κ2) is 7.31. The summed E-state index contributed by atoms with van der Waals surface area (Å²) >= 11 is 1.59. The van der Waals surface area contributed by atoms with Gasteiger partial charge in [-0.05, 0) is 32.1 Å². The van der Waals surface area contributed by atoms with Crippen LogP contribution in [-0.4, -0.2) is 53.9 Å². The average molecular weight is 395 g/mol. The van der Waals surface area contributed by atoms with Crippen LogP contribution in [0.5, 0.6) is 0 Å². The van der Waals surface area contributed by atoms with Crippen LogP contribution in [0, 0.1) is 0 Å². The lowest BCUT2D eigenvalue weighted by Crippen LogP contribution is -2.20. The standard InChI is InChI=1S/C18H17N7O2S/c1-3-24(4-2)14-6-5-11(28-14)9-12-15(18(26)27)23-25-16(12)21-22-17(25)13-10-19-7-8-20-13/h5-10H,3-4H2,1-2H3,(H,26,27)/b12-9-. The lowest BCUT2D eigenvalue weighted by atomic mass is 10.3. The van der Waals surface area contributed by atoms with Gasteiger partial charge >= 0.3 is 5.97 Å². The first-order chi connectivity index (χ1) is 13.6. The first-order valence-electron chi connectivity index (χ1n) is 8.73. The van der Waals surface area contributed by atoms with E-state index in [0.717, 1.165) is 23.0 Å². The molecule has 0 atom stereocenters. The second-order valence-electron chi connectivity index (χ2n) is 5.91. The number of aromatic carboxylic acids is 1. The summed E-state index contributed by atoms with van der Waals surface area (Å²) in [6.45, 7) is 6.02. The number of fused-ring (bicyclic) bond motifs is 1. The molecule has 9 nitrogen and oxygen atoms in total. The molecule has 0 unspecified atom stereocenters. The summed E-state index contributed by atoms with van der Waals surface area (Å²) in [7, 11) is 0. The smallest absolute Gasteiger partial charge is 0.357 e. The molecule has 0 bridgehead atoms. The van der Waals surface area contributed by atoms with Gasteiger partial charge in [-0.25, -0.2) is 9.78 Å². The van der Waals surface area contributed by atoms with E-state index in [1.807, 2.05) is 12.1 Å². The van der Waals surface area contributed by atoms with Crippen molar-refractivity contribution in [2.75, 3.05) is 18.0 Å². The maximum atomic E-state index is 11.8. The van der Waals surface area contributed by atoms with Crippen molar-refractivity contribution in [3.8, 4) is 11.5 Å². The van der Waals surface area contributed by atoms with E-state index in [9.17, 15) is 9.90 Å². The van der Waals surface area contributed by atoms with Gasteiger partial charge in [0.25, 0.3) is 0 Å². The third-order valence-corrected chi connectivity index (χ3v) is 5.40. The van der Waals surface area contributed by atoms with Crippen LogP contribution in [0.25, 0.3) is 23.2 Å². The number of hydrogen-bond donors (Lipinski definition) is 1. The molecule has 0 saturated carbocycles. The highest BCUT2D eigenvalue weighted by molar-refractivity contribution is 7.16. The summed E-state index contributed by atoms with van der Waals surface area (Å²) in [6, 6.07) is 4.00. The van der Waals surface area contributed by atoms with Crippen LogP contribution in [0.2, 0.25) is 0 Å². The lowest BCUT2D eigenvalue weighted by molar-refractivity contribution is 0.0689. The zero-order valence-electron chi connectivity index (χ0n) is 15.3. The summed E-state index contributed by atoms with van der Waals surface area (Å²) in [5.41, 5.74) is 0.764. The van der Waals surface area contributed by atoms with Crippen molar-refractivity contribution in [3.63, 3.8) is 0 Å². The number of carboxylic acids is 1. The lowest BCUT2D eigenvalue weighted by Gasteiger charge is -2.17. The molecule has 0 fully saturated rings. The zero-order chi connectivity index (χ0) is 19.7. The van der Waals surface area contributed by atoms with Gasteiger partial charge in [-0.3, -0.25) is 4.98 Å². The fourth-order valence-electron chi connectivity index (χ4n) is 2.93. The van der Waals surface area contributed by atoms with Crippen molar-refractivity contribution in [1.29, 1.82) is 0 Å². The molecule has 0 amide bonds. The van der Waals surface area contributed by atoms with Crippen LogP contribution in [0.4, 0.5) is 5.00 Å². The summed E-state index contributed by atoms with van der Waals surface area (Å²) < 4.78 is 1.40. The molecular formula is C18H17N7O2S. The van der Waals surface area contributed by atoms with Crippen LogP contribution >= 0.6 is 11.3 Å². The minimum Gasteiger partial charge on any atom is -0.476 e. The first-order valence-corrected chi connectivity index (χ1v) is 9.55. The molecule has 10 heteroatoms. The molecule has 0 aliphatic rings. The van der Waals surface area contributed by atoms with Gasteiger partial charge < -0.3 is 10.0 Å². The Morgan fingerprint density at radius 2 is 2.07 bits per heavy atom. The molecule has 0 radical (unpaired) electrons. The number of rotatable bonds is 6. The monoisotopic (exact) mass is 395 g/mol. The molecule has 4 aromatic rings. The van der Waals surface area contributed by atoms with E-state index in [-0.39, 0.29) is 5.69 Å². The molecular weight excluding hydrogens is 378 g/mol. The summed E-state index contributed by atoms with van der Waals surface area (Å²) in [4.78, 5) is 23.1. The molecule has 0 spiro atoms. The normalized spacial score (nSPS) is 12.0. The van der Waals surface area contributed by atoms with Gasteiger partial charge in [0.05, 0.1) is 16.4 Å². The van der Waals surface area contributed by atoms with Gasteiger partial charge in [-0.15, -0.1) is 21.5 Å². The quantitative estimate of drug-likeness (QED) is 0.526. The number of nitrogens with zero attached hydrogens (tertiary/aromatic N) is 7. The first kappa shape index (κ1) is 18.0. The maximum Gasteiger partial charge on any atom is 0.357 e. The molecule has 28 heavy (non-hydrogen) atoms. The zero-order valence-corrected chi connectivity index (χ0v) is 16.1. The van der Waals surface area contributed by atoms with Crippen LogP contribution < -0.4 is 10.1 Å². The van der Waals surface area contributed by atoms with E-state index in [1.165, 1.54) is 16.9 Å². The van der Waals surface area contributed by atoms with Gasteiger partial charge in [-0.1, -0.05) is 0 Å². The molecule has 4 rings (SSSR count). The predicted octanol–water partition coefficient (Wildman–Crippen LogP) is 1.73. The van der Waals surface area contributed by atoms with E-state index in [2.05, 4.69) is 44.0 Å².